The Labute approximate surface area is 231 Å². The van der Waals surface area contributed by atoms with Gasteiger partial charge in [-0.25, -0.2) is 4.68 Å². The van der Waals surface area contributed by atoms with Crippen LogP contribution >= 0.6 is 0 Å². The number of aromatic nitrogens is 2. The summed E-state index contributed by atoms with van der Waals surface area (Å²) in [5.41, 5.74) is 11.5. The van der Waals surface area contributed by atoms with Gasteiger partial charge < -0.3 is 15.5 Å². The maximum Gasteiger partial charge on any atom is 0.269 e. The molecule has 0 radical (unpaired) electrons. The quantitative estimate of drug-likeness (QED) is 0.522. The summed E-state index contributed by atoms with van der Waals surface area (Å²) in [5, 5.41) is 4.32. The summed E-state index contributed by atoms with van der Waals surface area (Å²) in [6.07, 6.45) is 7.32. The molecule has 2 bridgehead atoms. The highest BCUT2D eigenvalue weighted by atomic mass is 16.2. The van der Waals surface area contributed by atoms with Crippen molar-refractivity contribution in [3.05, 3.63) is 82.7 Å². The number of primary amides is 1. The van der Waals surface area contributed by atoms with Crippen LogP contribution in [-0.4, -0.2) is 64.6 Å². The molecule has 1 aromatic heterocycles. The van der Waals surface area contributed by atoms with Crippen LogP contribution < -0.4 is 5.73 Å². The van der Waals surface area contributed by atoms with Crippen LogP contribution in [-0.2, 0) is 16.6 Å². The predicted molar refractivity (Wildman–Crippen MR) is 152 cm³/mol. The largest absolute Gasteiger partial charge is 0.364 e. The van der Waals surface area contributed by atoms with E-state index in [1.807, 2.05) is 19.1 Å². The van der Waals surface area contributed by atoms with Gasteiger partial charge in [-0.3, -0.25) is 9.59 Å². The molecule has 2 heterocycles. The zero-order valence-corrected chi connectivity index (χ0v) is 23.2. The van der Waals surface area contributed by atoms with E-state index in [2.05, 4.69) is 58.3 Å². The first-order valence-corrected chi connectivity index (χ1v) is 14.3. The van der Waals surface area contributed by atoms with Gasteiger partial charge in [0.05, 0.1) is 5.69 Å². The number of amides is 2. The molecule has 7 heteroatoms. The highest BCUT2D eigenvalue weighted by Crippen LogP contribution is 2.58. The molecule has 3 aliphatic carbocycles. The molecule has 3 aromatic rings. The molecule has 204 valence electrons. The summed E-state index contributed by atoms with van der Waals surface area (Å²) >= 11 is 0. The molecule has 3 saturated carbocycles. The highest BCUT2D eigenvalue weighted by molar-refractivity contribution is 5.90. The number of likely N-dealkylation sites (N-methyl/N-ethyl adjacent to an activating group) is 1. The van der Waals surface area contributed by atoms with Crippen molar-refractivity contribution in [2.24, 2.45) is 11.1 Å². The van der Waals surface area contributed by atoms with Crippen LogP contribution in [0.2, 0.25) is 0 Å². The second-order valence-electron chi connectivity index (χ2n) is 12.1. The van der Waals surface area contributed by atoms with Crippen molar-refractivity contribution in [3.8, 4) is 5.69 Å². The Bertz CT molecular complexity index is 1340. The summed E-state index contributed by atoms with van der Waals surface area (Å²) in [6, 6.07) is 19.2. The smallest absolute Gasteiger partial charge is 0.269 e. The summed E-state index contributed by atoms with van der Waals surface area (Å²) in [6.45, 7) is 5.66. The molecular weight excluding hydrogens is 486 g/mol. The number of hydrogen-bond donors (Lipinski definition) is 1. The molecule has 0 unspecified atom stereocenters. The van der Waals surface area contributed by atoms with E-state index in [1.165, 1.54) is 16.7 Å². The molecule has 4 fully saturated rings. The molecule has 2 aromatic carbocycles. The van der Waals surface area contributed by atoms with E-state index >= 15 is 0 Å². The van der Waals surface area contributed by atoms with Gasteiger partial charge in [0.2, 0.25) is 5.91 Å². The van der Waals surface area contributed by atoms with Gasteiger partial charge in [-0.2, -0.15) is 5.10 Å². The molecule has 2 amide bonds. The van der Waals surface area contributed by atoms with Crippen molar-refractivity contribution in [2.75, 3.05) is 33.2 Å². The Morgan fingerprint density at radius 3 is 1.95 bits per heavy atom. The van der Waals surface area contributed by atoms with Gasteiger partial charge >= 0.3 is 0 Å². The van der Waals surface area contributed by atoms with E-state index in [-0.39, 0.29) is 16.5 Å². The van der Waals surface area contributed by atoms with Gasteiger partial charge in [0, 0.05) is 37.3 Å². The average Bonchev–Trinajstić information content (AvgIpc) is 3.37. The molecule has 4 aliphatic rings. The van der Waals surface area contributed by atoms with E-state index < -0.39 is 5.91 Å². The Hall–Kier alpha value is -3.45. The number of carbonyl (C=O) groups excluding carboxylic acids is 2. The van der Waals surface area contributed by atoms with Crippen molar-refractivity contribution >= 4 is 11.8 Å². The standard InChI is InChI=1S/C32H39N5O2/c1-23-21-28(29(33)38)34-37(23)27-9-5-25(6-10-27)22-24-3-7-26(8-4-24)31-11-14-32(15-12-31,16-13-31)30(39)36-19-17-35(2)18-20-36/h3-10,21H,11-20,22H2,1-2H3,(H2,33,38). The SMILES string of the molecule is Cc1cc(C(N)=O)nn1-c1ccc(Cc2ccc(C34CCC(C(=O)N5CCN(C)CC5)(CC3)CC4)cc2)cc1. The lowest BCUT2D eigenvalue weighted by Crippen LogP contribution is -2.56. The number of benzene rings is 2. The number of carbonyl (C=O) groups is 2. The third-order valence-corrected chi connectivity index (χ3v) is 9.79. The number of piperazine rings is 1. The molecule has 1 aliphatic heterocycles. The predicted octanol–water partition coefficient (Wildman–Crippen LogP) is 4.24. The molecule has 2 N–H and O–H groups in total. The fourth-order valence-corrected chi connectivity index (χ4v) is 7.11. The van der Waals surface area contributed by atoms with Crippen molar-refractivity contribution in [1.82, 2.24) is 19.6 Å². The number of rotatable bonds is 6. The van der Waals surface area contributed by atoms with Gasteiger partial charge in [0.15, 0.2) is 5.69 Å². The number of hydrogen-bond acceptors (Lipinski definition) is 4. The number of aryl methyl sites for hydroxylation is 1. The molecule has 39 heavy (non-hydrogen) atoms. The second kappa shape index (κ2) is 9.94. The highest BCUT2D eigenvalue weighted by Gasteiger charge is 2.53. The van der Waals surface area contributed by atoms with E-state index in [0.29, 0.717) is 5.91 Å². The fourth-order valence-electron chi connectivity index (χ4n) is 7.11. The zero-order chi connectivity index (χ0) is 27.2. The molecule has 0 spiro atoms. The van der Waals surface area contributed by atoms with Crippen molar-refractivity contribution in [1.29, 1.82) is 0 Å². The Morgan fingerprint density at radius 1 is 0.846 bits per heavy atom. The minimum Gasteiger partial charge on any atom is -0.364 e. The lowest BCUT2D eigenvalue weighted by atomic mass is 9.51. The van der Waals surface area contributed by atoms with Crippen LogP contribution in [0.4, 0.5) is 0 Å². The summed E-state index contributed by atoms with van der Waals surface area (Å²) in [7, 11) is 2.14. The fraction of sp³-hybridized carbons (Fsp3) is 0.469. The van der Waals surface area contributed by atoms with E-state index in [4.69, 9.17) is 5.73 Å². The second-order valence-corrected chi connectivity index (χ2v) is 12.1. The van der Waals surface area contributed by atoms with Gasteiger partial charge in [-0.1, -0.05) is 36.4 Å². The van der Waals surface area contributed by atoms with Crippen LogP contribution in [0.5, 0.6) is 0 Å². The molecule has 0 atom stereocenters. The van der Waals surface area contributed by atoms with Gasteiger partial charge in [-0.05, 0) is 99.2 Å². The minimum atomic E-state index is -0.517. The molecular formula is C32H39N5O2. The Balaban J connectivity index is 1.09. The third kappa shape index (κ3) is 4.78. The monoisotopic (exact) mass is 525 g/mol. The molecule has 7 rings (SSSR count). The number of fused-ring (bicyclic) bond motifs is 3. The Morgan fingerprint density at radius 2 is 1.41 bits per heavy atom. The summed E-state index contributed by atoms with van der Waals surface area (Å²) < 4.78 is 1.75. The van der Waals surface area contributed by atoms with E-state index in [0.717, 1.165) is 82.5 Å². The summed E-state index contributed by atoms with van der Waals surface area (Å²) in [5.74, 6) is -0.0855. The van der Waals surface area contributed by atoms with Crippen molar-refractivity contribution < 1.29 is 9.59 Å². The van der Waals surface area contributed by atoms with Crippen LogP contribution in [0.3, 0.4) is 0 Å². The van der Waals surface area contributed by atoms with E-state index in [1.54, 1.807) is 10.7 Å². The van der Waals surface area contributed by atoms with Crippen molar-refractivity contribution in [2.45, 2.75) is 57.3 Å². The van der Waals surface area contributed by atoms with Gasteiger partial charge in [0.25, 0.3) is 5.91 Å². The zero-order valence-electron chi connectivity index (χ0n) is 23.2. The van der Waals surface area contributed by atoms with Crippen LogP contribution in [0.25, 0.3) is 5.69 Å². The average molecular weight is 526 g/mol. The van der Waals surface area contributed by atoms with Gasteiger partial charge in [-0.15, -0.1) is 0 Å². The van der Waals surface area contributed by atoms with Crippen LogP contribution in [0.1, 0.15) is 71.4 Å². The van der Waals surface area contributed by atoms with Crippen LogP contribution in [0.15, 0.2) is 54.6 Å². The third-order valence-electron chi connectivity index (χ3n) is 9.79. The molecule has 7 nitrogen and oxygen atoms in total. The topological polar surface area (TPSA) is 84.5 Å². The lowest BCUT2D eigenvalue weighted by Gasteiger charge is -2.54. The molecule has 1 saturated heterocycles. The number of nitrogens with zero attached hydrogens (tertiary/aromatic N) is 4. The maximum absolute atomic E-state index is 13.5. The minimum absolute atomic E-state index is 0.111. The maximum atomic E-state index is 13.5. The first-order valence-electron chi connectivity index (χ1n) is 14.3. The normalized spacial score (nSPS) is 25.1. The summed E-state index contributed by atoms with van der Waals surface area (Å²) in [4.78, 5) is 29.5. The van der Waals surface area contributed by atoms with Crippen molar-refractivity contribution in [3.63, 3.8) is 0 Å². The van der Waals surface area contributed by atoms with Crippen LogP contribution in [0, 0.1) is 12.3 Å². The first kappa shape index (κ1) is 25.8. The Kier molecular flexibility index (Phi) is 6.58. The first-order chi connectivity index (χ1) is 18.8. The van der Waals surface area contributed by atoms with E-state index in [9.17, 15) is 9.59 Å². The number of nitrogens with two attached hydrogens (primary N) is 1. The lowest BCUT2D eigenvalue weighted by molar-refractivity contribution is -0.151. The van der Waals surface area contributed by atoms with Gasteiger partial charge in [0.1, 0.15) is 0 Å².